The van der Waals surface area contributed by atoms with Gasteiger partial charge in [0.05, 0.1) is 11.3 Å². The van der Waals surface area contributed by atoms with Crippen molar-refractivity contribution < 1.29 is 19.4 Å². The van der Waals surface area contributed by atoms with Gasteiger partial charge >= 0.3 is 12.1 Å². The molecular formula is C18H19NO4S. The van der Waals surface area contributed by atoms with E-state index in [1.165, 1.54) is 11.8 Å². The maximum absolute atomic E-state index is 12.0. The quantitative estimate of drug-likeness (QED) is 0.826. The molecule has 0 spiro atoms. The summed E-state index contributed by atoms with van der Waals surface area (Å²) in [5.41, 5.74) is 0.189. The largest absolute Gasteiger partial charge is 0.478 e. The zero-order chi connectivity index (χ0) is 17.7. The fraction of sp³-hybridized carbons (Fsp3) is 0.222. The lowest BCUT2D eigenvalue weighted by molar-refractivity contribution is 0.0633. The predicted octanol–water partition coefficient (Wildman–Crippen LogP) is 4.88. The molecule has 0 aliphatic rings. The zero-order valence-corrected chi connectivity index (χ0v) is 14.5. The highest BCUT2D eigenvalue weighted by Gasteiger charge is 2.18. The Morgan fingerprint density at radius 1 is 1.00 bits per heavy atom. The molecule has 0 unspecified atom stereocenters. The molecular weight excluding hydrogens is 326 g/mol. The van der Waals surface area contributed by atoms with Crippen molar-refractivity contribution >= 4 is 29.5 Å². The highest BCUT2D eigenvalue weighted by Crippen LogP contribution is 2.35. The van der Waals surface area contributed by atoms with Gasteiger partial charge in [-0.15, -0.1) is 0 Å². The standard InChI is InChI=1S/C18H19NO4S/c1-18(2,3)23-17(22)19-13-9-5-7-11-15(13)24-14-10-6-4-8-12(14)16(20)21/h4-11H,1-3H3,(H,19,22)(H,20,21). The van der Waals surface area contributed by atoms with Crippen LogP contribution in [0.15, 0.2) is 58.3 Å². The van der Waals surface area contributed by atoms with Crippen LogP contribution in [0.2, 0.25) is 0 Å². The van der Waals surface area contributed by atoms with E-state index in [2.05, 4.69) is 5.32 Å². The highest BCUT2D eigenvalue weighted by molar-refractivity contribution is 7.99. The van der Waals surface area contributed by atoms with Gasteiger partial charge in [-0.3, -0.25) is 5.32 Å². The van der Waals surface area contributed by atoms with E-state index in [0.29, 0.717) is 10.6 Å². The number of carbonyl (C=O) groups excluding carboxylic acids is 1. The minimum absolute atomic E-state index is 0.217. The van der Waals surface area contributed by atoms with E-state index in [-0.39, 0.29) is 5.56 Å². The molecule has 0 saturated carbocycles. The number of aromatic carboxylic acids is 1. The van der Waals surface area contributed by atoms with Gasteiger partial charge in [-0.2, -0.15) is 0 Å². The lowest BCUT2D eigenvalue weighted by Gasteiger charge is -2.20. The average molecular weight is 345 g/mol. The number of hydrogen-bond acceptors (Lipinski definition) is 4. The molecule has 6 heteroatoms. The summed E-state index contributed by atoms with van der Waals surface area (Å²) in [6.45, 7) is 5.36. The summed E-state index contributed by atoms with van der Waals surface area (Å²) in [6.07, 6.45) is -0.554. The molecule has 0 atom stereocenters. The number of amides is 1. The summed E-state index contributed by atoms with van der Waals surface area (Å²) < 4.78 is 5.26. The molecule has 0 bridgehead atoms. The van der Waals surface area contributed by atoms with Gasteiger partial charge in [0, 0.05) is 9.79 Å². The first kappa shape index (κ1) is 17.9. The number of para-hydroxylation sites is 1. The Kier molecular flexibility index (Phi) is 5.51. The number of carboxylic acids is 1. The Bertz CT molecular complexity index is 753. The second-order valence-electron chi connectivity index (χ2n) is 6.03. The Hall–Kier alpha value is -2.47. The topological polar surface area (TPSA) is 75.6 Å². The van der Waals surface area contributed by atoms with Gasteiger partial charge in [0.2, 0.25) is 0 Å². The van der Waals surface area contributed by atoms with Crippen LogP contribution in [0.5, 0.6) is 0 Å². The molecule has 0 saturated heterocycles. The second kappa shape index (κ2) is 7.40. The lowest BCUT2D eigenvalue weighted by Crippen LogP contribution is -2.27. The Balaban J connectivity index is 2.24. The predicted molar refractivity (Wildman–Crippen MR) is 93.8 cm³/mol. The van der Waals surface area contributed by atoms with E-state index in [9.17, 15) is 14.7 Å². The smallest absolute Gasteiger partial charge is 0.412 e. The van der Waals surface area contributed by atoms with Crippen LogP contribution >= 0.6 is 11.8 Å². The van der Waals surface area contributed by atoms with Crippen LogP contribution in [0.25, 0.3) is 0 Å². The van der Waals surface area contributed by atoms with Gasteiger partial charge in [-0.05, 0) is 45.0 Å². The molecule has 0 aliphatic heterocycles. The number of hydrogen-bond donors (Lipinski definition) is 2. The summed E-state index contributed by atoms with van der Waals surface area (Å²) in [7, 11) is 0. The van der Waals surface area contributed by atoms with E-state index in [4.69, 9.17) is 4.74 Å². The molecule has 5 nitrogen and oxygen atoms in total. The third-order valence-electron chi connectivity index (χ3n) is 2.86. The molecule has 1 amide bonds. The Morgan fingerprint density at radius 2 is 1.58 bits per heavy atom. The molecule has 2 N–H and O–H groups in total. The van der Waals surface area contributed by atoms with Crippen LogP contribution in [-0.4, -0.2) is 22.8 Å². The van der Waals surface area contributed by atoms with Crippen LogP contribution in [0.4, 0.5) is 10.5 Å². The van der Waals surface area contributed by atoms with Crippen molar-refractivity contribution in [2.45, 2.75) is 36.2 Å². The van der Waals surface area contributed by atoms with Crippen LogP contribution in [0.1, 0.15) is 31.1 Å². The monoisotopic (exact) mass is 345 g/mol. The third-order valence-corrected chi connectivity index (χ3v) is 4.01. The fourth-order valence-corrected chi connectivity index (χ4v) is 2.95. The minimum atomic E-state index is -0.990. The number of carbonyl (C=O) groups is 2. The van der Waals surface area contributed by atoms with E-state index < -0.39 is 17.7 Å². The summed E-state index contributed by atoms with van der Waals surface area (Å²) in [4.78, 5) is 24.6. The molecule has 126 valence electrons. The van der Waals surface area contributed by atoms with Crippen LogP contribution in [-0.2, 0) is 4.74 Å². The fourth-order valence-electron chi connectivity index (χ4n) is 1.92. The SMILES string of the molecule is CC(C)(C)OC(=O)Nc1ccccc1Sc1ccccc1C(=O)O. The number of nitrogens with one attached hydrogen (secondary N) is 1. The molecule has 0 radical (unpaired) electrons. The first-order valence-corrected chi connectivity index (χ1v) is 8.17. The molecule has 0 aromatic heterocycles. The number of rotatable bonds is 4. The van der Waals surface area contributed by atoms with Crippen molar-refractivity contribution in [2.75, 3.05) is 5.32 Å². The second-order valence-corrected chi connectivity index (χ2v) is 7.11. The van der Waals surface area contributed by atoms with Crippen molar-refractivity contribution in [3.05, 3.63) is 54.1 Å². The van der Waals surface area contributed by atoms with E-state index in [1.54, 1.807) is 57.2 Å². The van der Waals surface area contributed by atoms with Gasteiger partial charge in [0.15, 0.2) is 0 Å². The van der Waals surface area contributed by atoms with Crippen molar-refractivity contribution in [1.82, 2.24) is 0 Å². The maximum atomic E-state index is 12.0. The number of benzene rings is 2. The molecule has 2 aromatic rings. The molecule has 0 fully saturated rings. The van der Waals surface area contributed by atoms with Gasteiger partial charge in [-0.25, -0.2) is 9.59 Å². The Labute approximate surface area is 145 Å². The van der Waals surface area contributed by atoms with Crippen LogP contribution in [0.3, 0.4) is 0 Å². The highest BCUT2D eigenvalue weighted by atomic mass is 32.2. The normalized spacial score (nSPS) is 11.0. The summed E-state index contributed by atoms with van der Waals surface area (Å²) >= 11 is 1.28. The number of anilines is 1. The molecule has 2 aromatic carbocycles. The summed E-state index contributed by atoms with van der Waals surface area (Å²) in [6, 6.07) is 13.9. The van der Waals surface area contributed by atoms with E-state index in [0.717, 1.165) is 4.90 Å². The number of ether oxygens (including phenoxy) is 1. The lowest BCUT2D eigenvalue weighted by atomic mass is 10.2. The van der Waals surface area contributed by atoms with Crippen molar-refractivity contribution in [3.8, 4) is 0 Å². The minimum Gasteiger partial charge on any atom is -0.478 e. The van der Waals surface area contributed by atoms with Gasteiger partial charge in [0.1, 0.15) is 5.60 Å². The van der Waals surface area contributed by atoms with Crippen molar-refractivity contribution in [2.24, 2.45) is 0 Å². The van der Waals surface area contributed by atoms with E-state index >= 15 is 0 Å². The average Bonchev–Trinajstić information content (AvgIpc) is 2.47. The molecule has 0 aliphatic carbocycles. The van der Waals surface area contributed by atoms with Crippen LogP contribution in [0, 0.1) is 0 Å². The summed E-state index contributed by atoms with van der Waals surface area (Å²) in [5, 5.41) is 12.0. The Morgan fingerprint density at radius 3 is 2.21 bits per heavy atom. The molecule has 0 heterocycles. The van der Waals surface area contributed by atoms with E-state index in [1.807, 2.05) is 12.1 Å². The number of carboxylic acid groups (broad SMARTS) is 1. The third kappa shape index (κ3) is 5.03. The van der Waals surface area contributed by atoms with Gasteiger partial charge in [-0.1, -0.05) is 36.0 Å². The van der Waals surface area contributed by atoms with Gasteiger partial charge < -0.3 is 9.84 Å². The zero-order valence-electron chi connectivity index (χ0n) is 13.7. The first-order chi connectivity index (χ1) is 11.3. The van der Waals surface area contributed by atoms with Crippen LogP contribution < -0.4 is 5.32 Å². The van der Waals surface area contributed by atoms with Crippen molar-refractivity contribution in [3.63, 3.8) is 0 Å². The first-order valence-electron chi connectivity index (χ1n) is 7.35. The molecule has 2 rings (SSSR count). The molecule has 24 heavy (non-hydrogen) atoms. The van der Waals surface area contributed by atoms with Crippen molar-refractivity contribution in [1.29, 1.82) is 0 Å². The maximum Gasteiger partial charge on any atom is 0.412 e. The summed E-state index contributed by atoms with van der Waals surface area (Å²) in [5.74, 6) is -0.990. The van der Waals surface area contributed by atoms with Gasteiger partial charge in [0.25, 0.3) is 0 Å².